The number of nitrogens with two attached hydrogens (primary N) is 1. The van der Waals surface area contributed by atoms with Crippen LogP contribution in [0.3, 0.4) is 0 Å². The van der Waals surface area contributed by atoms with Crippen molar-refractivity contribution in [2.45, 2.75) is 13.0 Å². The second-order valence-corrected chi connectivity index (χ2v) is 5.15. The fourth-order valence-electron chi connectivity index (χ4n) is 1.02. The third-order valence-corrected chi connectivity index (χ3v) is 3.95. The molecule has 6 heteroatoms. The highest BCUT2D eigenvalue weighted by molar-refractivity contribution is 9.11. The Labute approximate surface area is 105 Å². The molecule has 2 N–H and O–H groups in total. The van der Waals surface area contributed by atoms with Crippen molar-refractivity contribution < 1.29 is 8.78 Å². The molecule has 1 atom stereocenters. The van der Waals surface area contributed by atoms with Gasteiger partial charge in [0.25, 0.3) is 0 Å². The SMILES string of the molecule is CC(N)c1c(Br)c(F)c(Br)c(F)c1Br. The van der Waals surface area contributed by atoms with E-state index >= 15 is 0 Å². The highest BCUT2D eigenvalue weighted by Crippen LogP contribution is 2.38. The lowest BCUT2D eigenvalue weighted by molar-refractivity contribution is 0.554. The van der Waals surface area contributed by atoms with Crippen molar-refractivity contribution in [3.63, 3.8) is 0 Å². The molecule has 0 bridgehead atoms. The van der Waals surface area contributed by atoms with Gasteiger partial charge in [0.15, 0.2) is 11.6 Å². The summed E-state index contributed by atoms with van der Waals surface area (Å²) in [7, 11) is 0. The van der Waals surface area contributed by atoms with Gasteiger partial charge < -0.3 is 5.73 Å². The summed E-state index contributed by atoms with van der Waals surface area (Å²) in [5.41, 5.74) is 5.97. The molecule has 0 aliphatic rings. The quantitative estimate of drug-likeness (QED) is 0.559. The Kier molecular flexibility index (Phi) is 4.08. The fourth-order valence-corrected chi connectivity index (χ4v) is 3.73. The van der Waals surface area contributed by atoms with Crippen LogP contribution in [0.25, 0.3) is 0 Å². The van der Waals surface area contributed by atoms with Gasteiger partial charge in [0.2, 0.25) is 0 Å². The van der Waals surface area contributed by atoms with E-state index in [1.165, 1.54) is 0 Å². The molecule has 1 aromatic carbocycles. The van der Waals surface area contributed by atoms with Gasteiger partial charge in [-0.25, -0.2) is 8.78 Å². The molecule has 0 radical (unpaired) electrons. The minimum absolute atomic E-state index is 0.174. The van der Waals surface area contributed by atoms with Gasteiger partial charge in [0.1, 0.15) is 0 Å². The van der Waals surface area contributed by atoms with Crippen molar-refractivity contribution in [2.75, 3.05) is 0 Å². The Bertz CT molecular complexity index is 350. The number of halogens is 5. The molecule has 14 heavy (non-hydrogen) atoms. The molecular formula is C8H6Br3F2N. The zero-order valence-corrected chi connectivity index (χ0v) is 11.8. The van der Waals surface area contributed by atoms with Gasteiger partial charge in [0, 0.05) is 11.6 Å². The molecule has 1 rings (SSSR count). The Hall–Kier alpha value is 0.480. The van der Waals surface area contributed by atoms with Crippen molar-refractivity contribution in [2.24, 2.45) is 5.73 Å². The minimum atomic E-state index is -0.682. The van der Waals surface area contributed by atoms with E-state index in [0.29, 0.717) is 5.56 Å². The first kappa shape index (κ1) is 12.5. The van der Waals surface area contributed by atoms with Gasteiger partial charge in [0.05, 0.1) is 13.4 Å². The smallest absolute Gasteiger partial charge is 0.154 e. The molecular weight excluding hydrogens is 388 g/mol. The minimum Gasteiger partial charge on any atom is -0.324 e. The van der Waals surface area contributed by atoms with Crippen LogP contribution >= 0.6 is 47.8 Å². The van der Waals surface area contributed by atoms with Gasteiger partial charge >= 0.3 is 0 Å². The van der Waals surface area contributed by atoms with Gasteiger partial charge in [-0.3, -0.25) is 0 Å². The maximum atomic E-state index is 13.4. The molecule has 0 saturated carbocycles. The number of rotatable bonds is 1. The summed E-state index contributed by atoms with van der Waals surface area (Å²) in [6.45, 7) is 1.65. The monoisotopic (exact) mass is 391 g/mol. The first-order valence-electron chi connectivity index (χ1n) is 3.64. The van der Waals surface area contributed by atoms with Crippen LogP contribution in [0.15, 0.2) is 13.4 Å². The average molecular weight is 394 g/mol. The molecule has 0 aliphatic heterocycles. The number of benzene rings is 1. The summed E-state index contributed by atoms with van der Waals surface area (Å²) in [6.07, 6.45) is 0. The first-order valence-corrected chi connectivity index (χ1v) is 6.02. The van der Waals surface area contributed by atoms with Crippen molar-refractivity contribution in [1.82, 2.24) is 0 Å². The Morgan fingerprint density at radius 2 is 1.36 bits per heavy atom. The van der Waals surface area contributed by atoms with Gasteiger partial charge in [-0.1, -0.05) is 0 Å². The van der Waals surface area contributed by atoms with E-state index in [2.05, 4.69) is 47.8 Å². The molecule has 0 amide bonds. The van der Waals surface area contributed by atoms with E-state index in [1.54, 1.807) is 6.92 Å². The van der Waals surface area contributed by atoms with Gasteiger partial charge in [-0.15, -0.1) is 0 Å². The normalized spacial score (nSPS) is 13.1. The predicted molar refractivity (Wildman–Crippen MR) is 62.1 cm³/mol. The van der Waals surface area contributed by atoms with Crippen LogP contribution in [0.2, 0.25) is 0 Å². The lowest BCUT2D eigenvalue weighted by Gasteiger charge is -2.14. The van der Waals surface area contributed by atoms with E-state index < -0.39 is 17.7 Å². The van der Waals surface area contributed by atoms with Gasteiger partial charge in [-0.05, 0) is 54.7 Å². The zero-order valence-electron chi connectivity index (χ0n) is 7.04. The van der Waals surface area contributed by atoms with E-state index in [1.807, 2.05) is 0 Å². The fraction of sp³-hybridized carbons (Fsp3) is 0.250. The van der Waals surface area contributed by atoms with Crippen LogP contribution in [0, 0.1) is 11.6 Å². The molecule has 1 aromatic rings. The third-order valence-electron chi connectivity index (χ3n) is 1.70. The highest BCUT2D eigenvalue weighted by atomic mass is 79.9. The average Bonchev–Trinajstić information content (AvgIpc) is 2.11. The summed E-state index contributed by atoms with van der Waals surface area (Å²) in [5, 5.41) is 0. The Balaban J connectivity index is 3.60. The second-order valence-electron chi connectivity index (χ2n) is 2.77. The summed E-state index contributed by atoms with van der Waals surface area (Å²) < 4.78 is 26.9. The van der Waals surface area contributed by atoms with Crippen LogP contribution in [0.5, 0.6) is 0 Å². The van der Waals surface area contributed by atoms with Crippen LogP contribution < -0.4 is 5.73 Å². The molecule has 0 aliphatic carbocycles. The molecule has 0 saturated heterocycles. The summed E-state index contributed by atoms with van der Waals surface area (Å²) in [4.78, 5) is 0. The second kappa shape index (κ2) is 4.55. The van der Waals surface area contributed by atoms with Crippen LogP contribution in [0.4, 0.5) is 8.78 Å². The summed E-state index contributed by atoms with van der Waals surface area (Å²) in [5.74, 6) is -1.36. The van der Waals surface area contributed by atoms with Crippen LogP contribution in [-0.2, 0) is 0 Å². The Morgan fingerprint density at radius 3 is 1.64 bits per heavy atom. The first-order chi connectivity index (χ1) is 6.37. The molecule has 0 heterocycles. The standard InChI is InChI=1S/C8H6Br3F2N/c1-2(14)3-4(9)7(12)6(11)8(13)5(3)10/h2H,14H2,1H3. The maximum absolute atomic E-state index is 13.4. The van der Waals surface area contributed by atoms with Crippen molar-refractivity contribution in [3.05, 3.63) is 30.6 Å². The topological polar surface area (TPSA) is 26.0 Å². The third kappa shape index (κ3) is 2.03. The number of hydrogen-bond acceptors (Lipinski definition) is 1. The summed E-state index contributed by atoms with van der Waals surface area (Å²) in [6, 6.07) is -0.462. The van der Waals surface area contributed by atoms with E-state index in [-0.39, 0.29) is 13.4 Å². The largest absolute Gasteiger partial charge is 0.324 e. The van der Waals surface area contributed by atoms with E-state index in [9.17, 15) is 8.78 Å². The van der Waals surface area contributed by atoms with Crippen molar-refractivity contribution in [3.8, 4) is 0 Å². The predicted octanol–water partition coefficient (Wildman–Crippen LogP) is 4.27. The molecule has 0 spiro atoms. The maximum Gasteiger partial charge on any atom is 0.154 e. The van der Waals surface area contributed by atoms with Crippen molar-refractivity contribution >= 4 is 47.8 Å². The molecule has 1 unspecified atom stereocenters. The van der Waals surface area contributed by atoms with Gasteiger partial charge in [-0.2, -0.15) is 0 Å². The number of hydrogen-bond donors (Lipinski definition) is 1. The molecule has 78 valence electrons. The molecule has 0 fully saturated rings. The molecule has 1 nitrogen and oxygen atoms in total. The highest BCUT2D eigenvalue weighted by Gasteiger charge is 2.22. The van der Waals surface area contributed by atoms with E-state index in [4.69, 9.17) is 5.73 Å². The molecule has 0 aromatic heterocycles. The lowest BCUT2D eigenvalue weighted by Crippen LogP contribution is -2.09. The zero-order chi connectivity index (χ0) is 11.0. The van der Waals surface area contributed by atoms with Crippen molar-refractivity contribution in [1.29, 1.82) is 0 Å². The van der Waals surface area contributed by atoms with Crippen LogP contribution in [0.1, 0.15) is 18.5 Å². The Morgan fingerprint density at radius 1 is 1.00 bits per heavy atom. The summed E-state index contributed by atoms with van der Waals surface area (Å²) >= 11 is 8.88. The lowest BCUT2D eigenvalue weighted by atomic mass is 10.1. The van der Waals surface area contributed by atoms with Crippen LogP contribution in [-0.4, -0.2) is 0 Å². The van der Waals surface area contributed by atoms with E-state index in [0.717, 1.165) is 0 Å².